The van der Waals surface area contributed by atoms with E-state index in [1.54, 1.807) is 0 Å². The number of H-pyrrole nitrogens is 1. The van der Waals surface area contributed by atoms with Crippen LogP contribution in [-0.4, -0.2) is 33.9 Å². The Morgan fingerprint density at radius 2 is 1.96 bits per heavy atom. The Bertz CT molecular complexity index is 833. The lowest BCUT2D eigenvalue weighted by atomic mass is 9.96. The number of piperidine rings is 1. The van der Waals surface area contributed by atoms with Gasteiger partial charge in [-0.2, -0.15) is 0 Å². The zero-order chi connectivity index (χ0) is 16.5. The third-order valence-electron chi connectivity index (χ3n) is 4.80. The lowest BCUT2D eigenvalue weighted by Gasteiger charge is -2.32. The maximum Gasteiger partial charge on any atom is 0.253 e. The van der Waals surface area contributed by atoms with Crippen LogP contribution in [0.2, 0.25) is 0 Å². The second-order valence-corrected chi connectivity index (χ2v) is 6.60. The third-order valence-corrected chi connectivity index (χ3v) is 4.80. The van der Waals surface area contributed by atoms with Crippen molar-refractivity contribution >= 4 is 16.9 Å². The molecule has 1 aliphatic heterocycles. The van der Waals surface area contributed by atoms with Crippen LogP contribution in [0.5, 0.6) is 0 Å². The number of rotatable bonds is 2. The highest BCUT2D eigenvalue weighted by molar-refractivity contribution is 5.94. The van der Waals surface area contributed by atoms with Crippen LogP contribution < -0.4 is 0 Å². The molecule has 0 bridgehead atoms. The van der Waals surface area contributed by atoms with E-state index in [-0.39, 0.29) is 11.8 Å². The first-order valence-electron chi connectivity index (χ1n) is 8.51. The number of carbonyl (C=O) groups is 1. The van der Waals surface area contributed by atoms with E-state index in [0.29, 0.717) is 0 Å². The number of amides is 1. The summed E-state index contributed by atoms with van der Waals surface area (Å²) in [5.74, 6) is 1.40. The van der Waals surface area contributed by atoms with Crippen molar-refractivity contribution in [3.8, 4) is 0 Å². The van der Waals surface area contributed by atoms with Crippen molar-refractivity contribution in [2.45, 2.75) is 25.7 Å². The van der Waals surface area contributed by atoms with Gasteiger partial charge in [0.2, 0.25) is 0 Å². The van der Waals surface area contributed by atoms with Crippen LogP contribution in [0.1, 0.15) is 40.5 Å². The molecule has 2 aromatic carbocycles. The SMILES string of the molecule is Cc1ccc(C(=O)N2CCCC(c3nc4ccccc4[nH]3)C2)cc1. The maximum atomic E-state index is 12.8. The van der Waals surface area contributed by atoms with Crippen molar-refractivity contribution < 1.29 is 4.79 Å². The molecule has 1 saturated heterocycles. The topological polar surface area (TPSA) is 49.0 Å². The van der Waals surface area contributed by atoms with E-state index < -0.39 is 0 Å². The van der Waals surface area contributed by atoms with E-state index in [1.165, 1.54) is 5.56 Å². The largest absolute Gasteiger partial charge is 0.342 e. The van der Waals surface area contributed by atoms with Gasteiger partial charge in [-0.3, -0.25) is 4.79 Å². The molecule has 4 rings (SSSR count). The molecule has 4 heteroatoms. The molecule has 1 aromatic heterocycles. The predicted molar refractivity (Wildman–Crippen MR) is 95.2 cm³/mol. The number of aryl methyl sites for hydroxylation is 1. The molecule has 4 nitrogen and oxygen atoms in total. The molecule has 0 spiro atoms. The average molecular weight is 319 g/mol. The van der Waals surface area contributed by atoms with Gasteiger partial charge in [0.25, 0.3) is 5.91 Å². The highest BCUT2D eigenvalue weighted by atomic mass is 16.2. The summed E-state index contributed by atoms with van der Waals surface area (Å²) < 4.78 is 0. The second-order valence-electron chi connectivity index (χ2n) is 6.60. The predicted octanol–water partition coefficient (Wildman–Crippen LogP) is 3.89. The number of aromatic amines is 1. The van der Waals surface area contributed by atoms with Gasteiger partial charge in [-0.25, -0.2) is 4.98 Å². The Morgan fingerprint density at radius 3 is 2.75 bits per heavy atom. The normalized spacial score (nSPS) is 18.0. The average Bonchev–Trinajstić information content (AvgIpc) is 3.06. The van der Waals surface area contributed by atoms with Crippen molar-refractivity contribution in [1.29, 1.82) is 0 Å². The highest BCUT2D eigenvalue weighted by Crippen LogP contribution is 2.27. The van der Waals surface area contributed by atoms with E-state index in [0.717, 1.165) is 48.4 Å². The molecule has 1 amide bonds. The summed E-state index contributed by atoms with van der Waals surface area (Å²) in [4.78, 5) is 22.9. The number of benzene rings is 2. The summed E-state index contributed by atoms with van der Waals surface area (Å²) in [5.41, 5.74) is 4.00. The number of imidazole rings is 1. The number of fused-ring (bicyclic) bond motifs is 1. The van der Waals surface area contributed by atoms with Gasteiger partial charge in [0.1, 0.15) is 5.82 Å². The minimum atomic E-state index is 0.121. The molecule has 0 aliphatic carbocycles. The van der Waals surface area contributed by atoms with Crippen LogP contribution >= 0.6 is 0 Å². The number of carbonyl (C=O) groups excluding carboxylic acids is 1. The van der Waals surface area contributed by atoms with Crippen LogP contribution in [0.15, 0.2) is 48.5 Å². The van der Waals surface area contributed by atoms with E-state index in [9.17, 15) is 4.79 Å². The molecule has 3 aromatic rings. The van der Waals surface area contributed by atoms with Crippen molar-refractivity contribution in [1.82, 2.24) is 14.9 Å². The van der Waals surface area contributed by atoms with Crippen LogP contribution in [0.4, 0.5) is 0 Å². The minimum Gasteiger partial charge on any atom is -0.342 e. The number of aromatic nitrogens is 2. The zero-order valence-electron chi connectivity index (χ0n) is 13.8. The molecule has 1 aliphatic rings. The number of hydrogen-bond donors (Lipinski definition) is 1. The Kier molecular flexibility index (Phi) is 3.81. The molecule has 24 heavy (non-hydrogen) atoms. The van der Waals surface area contributed by atoms with E-state index in [1.807, 2.05) is 60.4 Å². The monoisotopic (exact) mass is 319 g/mol. The van der Waals surface area contributed by atoms with Crippen molar-refractivity contribution in [3.05, 3.63) is 65.5 Å². The van der Waals surface area contributed by atoms with Gasteiger partial charge in [0.05, 0.1) is 11.0 Å². The Morgan fingerprint density at radius 1 is 1.17 bits per heavy atom. The zero-order valence-corrected chi connectivity index (χ0v) is 13.8. The Balaban J connectivity index is 1.54. The van der Waals surface area contributed by atoms with Gasteiger partial charge in [0.15, 0.2) is 0 Å². The molecular weight excluding hydrogens is 298 g/mol. The summed E-state index contributed by atoms with van der Waals surface area (Å²) >= 11 is 0. The molecule has 1 fully saturated rings. The van der Waals surface area contributed by atoms with Crippen molar-refractivity contribution in [2.24, 2.45) is 0 Å². The number of nitrogens with one attached hydrogen (secondary N) is 1. The molecule has 1 N–H and O–H groups in total. The van der Waals surface area contributed by atoms with E-state index in [4.69, 9.17) is 4.98 Å². The minimum absolute atomic E-state index is 0.121. The van der Waals surface area contributed by atoms with Gasteiger partial charge in [-0.1, -0.05) is 29.8 Å². The molecule has 0 radical (unpaired) electrons. The third kappa shape index (κ3) is 2.80. The van der Waals surface area contributed by atoms with Gasteiger partial charge >= 0.3 is 0 Å². The lowest BCUT2D eigenvalue weighted by Crippen LogP contribution is -2.39. The number of para-hydroxylation sites is 2. The fraction of sp³-hybridized carbons (Fsp3) is 0.300. The van der Waals surface area contributed by atoms with Crippen LogP contribution in [-0.2, 0) is 0 Å². The number of nitrogens with zero attached hydrogens (tertiary/aromatic N) is 2. The molecule has 2 heterocycles. The molecule has 1 atom stereocenters. The smallest absolute Gasteiger partial charge is 0.253 e. The first-order valence-corrected chi connectivity index (χ1v) is 8.51. The molecule has 1 unspecified atom stereocenters. The Hall–Kier alpha value is -2.62. The fourth-order valence-corrected chi connectivity index (χ4v) is 3.43. The van der Waals surface area contributed by atoms with Crippen LogP contribution in [0, 0.1) is 6.92 Å². The summed E-state index contributed by atoms with van der Waals surface area (Å²) in [6.07, 6.45) is 2.08. The van der Waals surface area contributed by atoms with E-state index >= 15 is 0 Å². The highest BCUT2D eigenvalue weighted by Gasteiger charge is 2.27. The van der Waals surface area contributed by atoms with E-state index in [2.05, 4.69) is 4.98 Å². The van der Waals surface area contributed by atoms with Gasteiger partial charge in [-0.05, 0) is 44.0 Å². The quantitative estimate of drug-likeness (QED) is 0.779. The first kappa shape index (κ1) is 14.9. The van der Waals surface area contributed by atoms with Gasteiger partial charge in [-0.15, -0.1) is 0 Å². The lowest BCUT2D eigenvalue weighted by molar-refractivity contribution is 0.0705. The van der Waals surface area contributed by atoms with Crippen LogP contribution in [0.25, 0.3) is 11.0 Å². The van der Waals surface area contributed by atoms with Gasteiger partial charge < -0.3 is 9.88 Å². The summed E-state index contributed by atoms with van der Waals surface area (Å²) in [6.45, 7) is 3.59. The molecular formula is C20H21N3O. The first-order chi connectivity index (χ1) is 11.7. The molecule has 122 valence electrons. The summed E-state index contributed by atoms with van der Waals surface area (Å²) in [6, 6.07) is 15.9. The van der Waals surface area contributed by atoms with Gasteiger partial charge in [0, 0.05) is 24.6 Å². The van der Waals surface area contributed by atoms with Crippen molar-refractivity contribution in [2.75, 3.05) is 13.1 Å². The fourth-order valence-electron chi connectivity index (χ4n) is 3.43. The Labute approximate surface area is 141 Å². The van der Waals surface area contributed by atoms with Crippen molar-refractivity contribution in [3.63, 3.8) is 0 Å². The standard InChI is InChI=1S/C20H21N3O/c1-14-8-10-15(11-9-14)20(24)23-12-4-5-16(13-23)19-21-17-6-2-3-7-18(17)22-19/h2-3,6-11,16H,4-5,12-13H2,1H3,(H,21,22). The summed E-state index contributed by atoms with van der Waals surface area (Å²) in [5, 5.41) is 0. The van der Waals surface area contributed by atoms with Crippen LogP contribution in [0.3, 0.4) is 0 Å². The summed E-state index contributed by atoms with van der Waals surface area (Å²) in [7, 11) is 0. The maximum absolute atomic E-state index is 12.8. The second kappa shape index (κ2) is 6.11. The number of hydrogen-bond acceptors (Lipinski definition) is 2. The molecule has 0 saturated carbocycles. The number of likely N-dealkylation sites (tertiary alicyclic amines) is 1.